The summed E-state index contributed by atoms with van der Waals surface area (Å²) in [5.41, 5.74) is 8.62. The van der Waals surface area contributed by atoms with Crippen LogP contribution in [0.3, 0.4) is 0 Å². The van der Waals surface area contributed by atoms with Crippen LogP contribution in [-0.2, 0) is 6.18 Å². The van der Waals surface area contributed by atoms with Gasteiger partial charge in [0.05, 0.1) is 5.56 Å². The highest BCUT2D eigenvalue weighted by Crippen LogP contribution is 2.37. The average Bonchev–Trinajstić information content (AvgIpc) is 2.84. The SMILES string of the molecule is CCN=C(NC1=NC(c2ccccc2C(F)(F)F)NC(C2CCCCC2N)=C1)c1ccccc1C. The number of nitrogens with one attached hydrogen (secondary N) is 2. The highest BCUT2D eigenvalue weighted by molar-refractivity contribution is 6.13. The van der Waals surface area contributed by atoms with Crippen LogP contribution in [0.25, 0.3) is 0 Å². The molecule has 0 aromatic heterocycles. The van der Waals surface area contributed by atoms with E-state index in [4.69, 9.17) is 5.73 Å². The van der Waals surface area contributed by atoms with E-state index < -0.39 is 17.9 Å². The maximum Gasteiger partial charge on any atom is 0.416 e. The molecule has 2 aromatic rings. The molecule has 0 saturated heterocycles. The fourth-order valence-corrected chi connectivity index (χ4v) is 4.83. The fourth-order valence-electron chi connectivity index (χ4n) is 4.83. The summed E-state index contributed by atoms with van der Waals surface area (Å²) in [6.07, 6.45) is 0.363. The van der Waals surface area contributed by atoms with Crippen molar-refractivity contribution in [2.75, 3.05) is 6.54 Å². The molecule has 2 aliphatic rings. The number of hydrogen-bond acceptors (Lipinski definition) is 4. The van der Waals surface area contributed by atoms with Crippen molar-refractivity contribution in [3.63, 3.8) is 0 Å². The Balaban J connectivity index is 1.76. The summed E-state index contributed by atoms with van der Waals surface area (Å²) in [6, 6.07) is 13.4. The van der Waals surface area contributed by atoms with Crippen molar-refractivity contribution in [1.29, 1.82) is 0 Å². The van der Waals surface area contributed by atoms with E-state index >= 15 is 0 Å². The Hall–Kier alpha value is -3.13. The van der Waals surface area contributed by atoms with Gasteiger partial charge in [-0.2, -0.15) is 13.2 Å². The minimum Gasteiger partial charge on any atom is -0.363 e. The second-order valence-electron chi connectivity index (χ2n) is 9.06. The molecular formula is C27H32F3N5. The summed E-state index contributed by atoms with van der Waals surface area (Å²) in [7, 11) is 0. The fraction of sp³-hybridized carbons (Fsp3) is 0.407. The standard InChI is InChI=1S/C27H32F3N5/c1-3-32-25(18-11-5-4-10-17(18)2)34-24-16-23(20-13-7-9-15-22(20)31)33-26(35-24)19-12-6-8-14-21(19)27(28,29)30/h4-6,8,10-12,14,16,20,22,26,33H,3,7,9,13,15,31H2,1-2H3,(H,32,34,35). The molecule has 2 aromatic carbocycles. The number of aryl methyl sites for hydroxylation is 1. The van der Waals surface area contributed by atoms with E-state index in [0.717, 1.165) is 48.6 Å². The number of aliphatic imine (C=N–C) groups is 2. The molecule has 1 aliphatic carbocycles. The van der Waals surface area contributed by atoms with Gasteiger partial charge in [-0.3, -0.25) is 4.99 Å². The number of halogens is 3. The monoisotopic (exact) mass is 483 g/mol. The van der Waals surface area contributed by atoms with Crippen molar-refractivity contribution < 1.29 is 13.2 Å². The zero-order chi connectivity index (χ0) is 25.0. The summed E-state index contributed by atoms with van der Waals surface area (Å²) >= 11 is 0. The highest BCUT2D eigenvalue weighted by Gasteiger charge is 2.37. The second kappa shape index (κ2) is 10.6. The van der Waals surface area contributed by atoms with Crippen molar-refractivity contribution in [3.05, 3.63) is 82.6 Å². The van der Waals surface area contributed by atoms with E-state index in [9.17, 15) is 13.2 Å². The van der Waals surface area contributed by atoms with Crippen LogP contribution in [-0.4, -0.2) is 24.3 Å². The molecule has 5 nitrogen and oxygen atoms in total. The first-order valence-electron chi connectivity index (χ1n) is 12.1. The van der Waals surface area contributed by atoms with E-state index in [1.807, 2.05) is 44.2 Å². The van der Waals surface area contributed by atoms with Crippen LogP contribution < -0.4 is 16.4 Å². The lowest BCUT2D eigenvalue weighted by Crippen LogP contribution is -2.43. The molecular weight excluding hydrogens is 451 g/mol. The van der Waals surface area contributed by atoms with E-state index in [-0.39, 0.29) is 17.5 Å². The van der Waals surface area contributed by atoms with Crippen LogP contribution in [0.1, 0.15) is 61.0 Å². The van der Waals surface area contributed by atoms with Crippen LogP contribution in [0, 0.1) is 12.8 Å². The lowest BCUT2D eigenvalue weighted by atomic mass is 9.82. The Bertz CT molecular complexity index is 1140. The van der Waals surface area contributed by atoms with Crippen LogP contribution in [0.2, 0.25) is 0 Å². The van der Waals surface area contributed by atoms with Gasteiger partial charge in [0.25, 0.3) is 0 Å². The lowest BCUT2D eigenvalue weighted by molar-refractivity contribution is -0.138. The lowest BCUT2D eigenvalue weighted by Gasteiger charge is -2.35. The number of nitrogens with zero attached hydrogens (tertiary/aromatic N) is 2. The summed E-state index contributed by atoms with van der Waals surface area (Å²) in [4.78, 5) is 9.30. The summed E-state index contributed by atoms with van der Waals surface area (Å²) < 4.78 is 41.5. The zero-order valence-corrected chi connectivity index (χ0v) is 20.1. The number of alkyl halides is 3. The quantitative estimate of drug-likeness (QED) is 0.399. The molecule has 0 spiro atoms. The third-order valence-electron chi connectivity index (χ3n) is 6.61. The predicted molar refractivity (Wildman–Crippen MR) is 134 cm³/mol. The minimum atomic E-state index is -4.49. The van der Waals surface area contributed by atoms with Crippen molar-refractivity contribution in [3.8, 4) is 0 Å². The molecule has 1 saturated carbocycles. The smallest absolute Gasteiger partial charge is 0.363 e. The highest BCUT2D eigenvalue weighted by atomic mass is 19.4. The van der Waals surface area contributed by atoms with Gasteiger partial charge in [-0.1, -0.05) is 55.3 Å². The van der Waals surface area contributed by atoms with Gasteiger partial charge in [-0.05, 0) is 44.4 Å². The van der Waals surface area contributed by atoms with Gasteiger partial charge in [0.1, 0.15) is 17.8 Å². The van der Waals surface area contributed by atoms with E-state index in [1.165, 1.54) is 12.1 Å². The average molecular weight is 484 g/mol. The molecule has 1 fully saturated rings. The minimum absolute atomic E-state index is 0.0293. The van der Waals surface area contributed by atoms with Gasteiger partial charge in [-0.15, -0.1) is 0 Å². The Labute approximate surface area is 204 Å². The molecule has 4 N–H and O–H groups in total. The number of benzene rings is 2. The second-order valence-corrected chi connectivity index (χ2v) is 9.06. The van der Waals surface area contributed by atoms with Crippen LogP contribution >= 0.6 is 0 Å². The molecule has 1 aliphatic heterocycles. The summed E-state index contributed by atoms with van der Waals surface area (Å²) in [5.74, 6) is 1.13. The largest absolute Gasteiger partial charge is 0.416 e. The van der Waals surface area contributed by atoms with Crippen molar-refractivity contribution in [2.45, 2.75) is 57.9 Å². The molecule has 186 valence electrons. The van der Waals surface area contributed by atoms with Gasteiger partial charge in [0, 0.05) is 35.3 Å². The maximum absolute atomic E-state index is 13.8. The van der Waals surface area contributed by atoms with Gasteiger partial charge in [0.2, 0.25) is 0 Å². The maximum atomic E-state index is 13.8. The number of rotatable bonds is 4. The topological polar surface area (TPSA) is 74.8 Å². The van der Waals surface area contributed by atoms with Crippen LogP contribution in [0.5, 0.6) is 0 Å². The number of amidine groups is 2. The Kier molecular flexibility index (Phi) is 7.60. The molecule has 35 heavy (non-hydrogen) atoms. The van der Waals surface area contributed by atoms with Gasteiger partial charge in [-0.25, -0.2) is 4.99 Å². The van der Waals surface area contributed by atoms with Crippen LogP contribution in [0.15, 0.2) is 70.3 Å². The van der Waals surface area contributed by atoms with Gasteiger partial charge in [0.15, 0.2) is 0 Å². The third kappa shape index (κ3) is 5.75. The van der Waals surface area contributed by atoms with E-state index in [0.29, 0.717) is 18.2 Å². The van der Waals surface area contributed by atoms with Crippen molar-refractivity contribution >= 4 is 11.7 Å². The number of nitrogens with two attached hydrogens (primary N) is 1. The van der Waals surface area contributed by atoms with Gasteiger partial charge >= 0.3 is 6.18 Å². The molecule has 4 rings (SSSR count). The molecule has 0 amide bonds. The predicted octanol–water partition coefficient (Wildman–Crippen LogP) is 5.47. The molecule has 0 radical (unpaired) electrons. The first kappa shape index (κ1) is 25.0. The van der Waals surface area contributed by atoms with E-state index in [1.54, 1.807) is 6.07 Å². The molecule has 3 atom stereocenters. The Morgan fingerprint density at radius 1 is 1.11 bits per heavy atom. The molecule has 3 unspecified atom stereocenters. The van der Waals surface area contributed by atoms with E-state index in [2.05, 4.69) is 20.6 Å². The normalized spacial score (nSPS) is 23.3. The third-order valence-corrected chi connectivity index (χ3v) is 6.61. The first-order valence-corrected chi connectivity index (χ1v) is 12.1. The Morgan fingerprint density at radius 3 is 2.54 bits per heavy atom. The molecule has 0 bridgehead atoms. The molecule has 8 heteroatoms. The number of hydrogen-bond donors (Lipinski definition) is 3. The van der Waals surface area contributed by atoms with Crippen molar-refractivity contribution in [2.24, 2.45) is 21.6 Å². The molecule has 1 heterocycles. The Morgan fingerprint density at radius 2 is 1.83 bits per heavy atom. The van der Waals surface area contributed by atoms with Crippen LogP contribution in [0.4, 0.5) is 13.2 Å². The van der Waals surface area contributed by atoms with Crippen molar-refractivity contribution in [1.82, 2.24) is 10.6 Å². The zero-order valence-electron chi connectivity index (χ0n) is 20.1. The summed E-state index contributed by atoms with van der Waals surface area (Å²) in [5, 5.41) is 6.60. The van der Waals surface area contributed by atoms with Gasteiger partial charge < -0.3 is 16.4 Å². The first-order chi connectivity index (χ1) is 16.8. The summed E-state index contributed by atoms with van der Waals surface area (Å²) in [6.45, 7) is 4.48.